The van der Waals surface area contributed by atoms with Crippen LogP contribution in [-0.2, 0) is 0 Å². The lowest BCUT2D eigenvalue weighted by molar-refractivity contribution is 0.237. The summed E-state index contributed by atoms with van der Waals surface area (Å²) in [5, 5.41) is 7.35. The average molecular weight is 537 g/mol. The average Bonchev–Trinajstić information content (AvgIpc) is 3.73. The molecule has 204 valence electrons. The fourth-order valence-electron chi connectivity index (χ4n) is 5.25. The molecule has 0 amide bonds. The smallest absolute Gasteiger partial charge is 0.141 e. The van der Waals surface area contributed by atoms with Crippen LogP contribution in [0, 0.1) is 5.92 Å². The van der Waals surface area contributed by atoms with Crippen molar-refractivity contribution in [2.24, 2.45) is 5.92 Å². The van der Waals surface area contributed by atoms with Crippen LogP contribution in [-0.4, -0.2) is 57.0 Å². The van der Waals surface area contributed by atoms with E-state index in [1.807, 2.05) is 56.1 Å². The predicted octanol–water partition coefficient (Wildman–Crippen LogP) is 5.32. The molecule has 4 N–H and O–H groups in total. The fourth-order valence-corrected chi connectivity index (χ4v) is 6.50. The molecule has 5 heterocycles. The minimum absolute atomic E-state index is 0.0918. The van der Waals surface area contributed by atoms with Gasteiger partial charge in [-0.3, -0.25) is 14.9 Å². The Hall–Kier alpha value is -2.66. The summed E-state index contributed by atoms with van der Waals surface area (Å²) in [6.07, 6.45) is 13.3. The molecule has 2 saturated heterocycles. The van der Waals surface area contributed by atoms with Gasteiger partial charge in [0, 0.05) is 12.6 Å². The summed E-state index contributed by atoms with van der Waals surface area (Å²) in [6.45, 7) is 7.99. The van der Waals surface area contributed by atoms with E-state index in [0.717, 1.165) is 46.4 Å². The first-order chi connectivity index (χ1) is 18.8. The molecule has 6 rings (SSSR count). The van der Waals surface area contributed by atoms with Gasteiger partial charge < -0.3 is 15.4 Å². The van der Waals surface area contributed by atoms with E-state index >= 15 is 0 Å². The molecule has 3 aromatic rings. The third kappa shape index (κ3) is 7.05. The first kappa shape index (κ1) is 26.9. The van der Waals surface area contributed by atoms with Crippen molar-refractivity contribution < 1.29 is 4.74 Å². The summed E-state index contributed by atoms with van der Waals surface area (Å²) in [4.78, 5) is 16.2. The minimum Gasteiger partial charge on any atom is -0.491 e. The zero-order valence-corrected chi connectivity index (χ0v) is 23.3. The number of ether oxygens (including phenoxy) is 1. The Kier molecular flexibility index (Phi) is 9.51. The van der Waals surface area contributed by atoms with Crippen LogP contribution in [0.25, 0.3) is 11.0 Å². The SMILES string of the molecule is CC.c1ncc(OCCN2CCCC2)cc1Nc1cnc2ccc(NC3NNC(C4CCCC4)S3)nc2c1. The van der Waals surface area contributed by atoms with E-state index in [9.17, 15) is 0 Å². The zero-order chi connectivity index (χ0) is 26.2. The van der Waals surface area contributed by atoms with E-state index < -0.39 is 0 Å². The second-order valence-corrected chi connectivity index (χ2v) is 11.1. The molecule has 2 aliphatic heterocycles. The number of anilines is 3. The number of nitrogens with one attached hydrogen (secondary N) is 4. The molecule has 0 aromatic carbocycles. The minimum atomic E-state index is 0.0918. The first-order valence-corrected chi connectivity index (χ1v) is 15.0. The summed E-state index contributed by atoms with van der Waals surface area (Å²) in [5.41, 5.74) is 10.3. The Balaban J connectivity index is 0.00000144. The molecule has 3 aromatic heterocycles. The standard InChI is InChI=1S/C26H34N8OS.C2H6/c1-2-6-18(5-1)25-32-33-26(36-25)31-24-8-7-22-23(30-24)14-20(16-28-22)29-19-13-21(17-27-15-19)35-12-11-34-9-3-4-10-34;1-2/h7-8,13-18,25-26,29,32-33H,1-6,9-12H2,(H,30,31);1-2H3. The molecule has 9 nitrogen and oxygen atoms in total. The molecule has 3 fully saturated rings. The van der Waals surface area contributed by atoms with Crippen LogP contribution in [0.2, 0.25) is 0 Å². The van der Waals surface area contributed by atoms with Gasteiger partial charge in [-0.25, -0.2) is 15.8 Å². The summed E-state index contributed by atoms with van der Waals surface area (Å²) in [5.74, 6) is 2.35. The van der Waals surface area contributed by atoms with E-state index in [1.54, 1.807) is 12.4 Å². The topological polar surface area (TPSA) is 99.3 Å². The number of thioether (sulfide) groups is 1. The van der Waals surface area contributed by atoms with E-state index in [2.05, 4.69) is 36.4 Å². The van der Waals surface area contributed by atoms with Crippen LogP contribution < -0.4 is 26.2 Å². The van der Waals surface area contributed by atoms with Gasteiger partial charge in [-0.2, -0.15) is 0 Å². The lowest BCUT2D eigenvalue weighted by Gasteiger charge is -2.16. The number of hydrazine groups is 1. The second-order valence-electron chi connectivity index (χ2n) is 9.80. The number of nitrogens with zero attached hydrogens (tertiary/aromatic N) is 4. The third-order valence-electron chi connectivity index (χ3n) is 7.16. The lowest BCUT2D eigenvalue weighted by atomic mass is 10.1. The van der Waals surface area contributed by atoms with Crippen LogP contribution in [0.3, 0.4) is 0 Å². The molecule has 3 aliphatic rings. The fraction of sp³-hybridized carbons (Fsp3) is 0.536. The number of rotatable bonds is 9. The highest BCUT2D eigenvalue weighted by Gasteiger charge is 2.32. The second kappa shape index (κ2) is 13.4. The van der Waals surface area contributed by atoms with E-state index in [0.29, 0.717) is 12.0 Å². The van der Waals surface area contributed by atoms with Gasteiger partial charge in [0.25, 0.3) is 0 Å². The van der Waals surface area contributed by atoms with Gasteiger partial charge in [0.2, 0.25) is 0 Å². The van der Waals surface area contributed by atoms with Gasteiger partial charge in [-0.05, 0) is 62.9 Å². The zero-order valence-electron chi connectivity index (χ0n) is 22.4. The van der Waals surface area contributed by atoms with Crippen LogP contribution in [0.5, 0.6) is 5.75 Å². The Morgan fingerprint density at radius 3 is 2.63 bits per heavy atom. The van der Waals surface area contributed by atoms with Crippen molar-refractivity contribution >= 4 is 40.0 Å². The Morgan fingerprint density at radius 2 is 1.79 bits per heavy atom. The Labute approximate surface area is 229 Å². The number of fused-ring (bicyclic) bond motifs is 1. The van der Waals surface area contributed by atoms with E-state index in [1.165, 1.54) is 51.6 Å². The lowest BCUT2D eigenvalue weighted by Crippen LogP contribution is -2.38. The largest absolute Gasteiger partial charge is 0.491 e. The van der Waals surface area contributed by atoms with Crippen LogP contribution in [0.1, 0.15) is 52.4 Å². The highest BCUT2D eigenvalue weighted by atomic mass is 32.2. The molecule has 0 spiro atoms. The van der Waals surface area contributed by atoms with Gasteiger partial charge in [0.05, 0.1) is 46.4 Å². The summed E-state index contributed by atoms with van der Waals surface area (Å²) in [6, 6.07) is 7.99. The highest BCUT2D eigenvalue weighted by molar-refractivity contribution is 8.00. The highest BCUT2D eigenvalue weighted by Crippen LogP contribution is 2.36. The molecule has 2 atom stereocenters. The normalized spacial score (nSPS) is 21.8. The van der Waals surface area contributed by atoms with Gasteiger partial charge in [-0.15, -0.1) is 0 Å². The molecule has 0 radical (unpaired) electrons. The van der Waals surface area contributed by atoms with Gasteiger partial charge in [0.1, 0.15) is 23.7 Å². The summed E-state index contributed by atoms with van der Waals surface area (Å²) < 4.78 is 5.94. The number of aromatic nitrogens is 3. The number of hydrogen-bond acceptors (Lipinski definition) is 10. The van der Waals surface area contributed by atoms with Crippen molar-refractivity contribution in [1.82, 2.24) is 30.7 Å². The molecule has 38 heavy (non-hydrogen) atoms. The number of likely N-dealkylation sites (tertiary alicyclic amines) is 1. The van der Waals surface area contributed by atoms with Crippen molar-refractivity contribution in [3.8, 4) is 5.75 Å². The van der Waals surface area contributed by atoms with Crippen molar-refractivity contribution in [2.45, 2.75) is 63.2 Å². The first-order valence-electron chi connectivity index (χ1n) is 14.1. The van der Waals surface area contributed by atoms with Crippen LogP contribution in [0.15, 0.2) is 42.9 Å². The van der Waals surface area contributed by atoms with Crippen molar-refractivity contribution in [1.29, 1.82) is 0 Å². The molecule has 1 saturated carbocycles. The van der Waals surface area contributed by atoms with E-state index in [-0.39, 0.29) is 5.50 Å². The van der Waals surface area contributed by atoms with Crippen molar-refractivity contribution in [3.05, 3.63) is 42.9 Å². The maximum atomic E-state index is 5.94. The predicted molar refractivity (Wildman–Crippen MR) is 157 cm³/mol. The van der Waals surface area contributed by atoms with Crippen LogP contribution in [0.4, 0.5) is 17.2 Å². The maximum Gasteiger partial charge on any atom is 0.141 e. The molecular weight excluding hydrogens is 496 g/mol. The quantitative estimate of drug-likeness (QED) is 0.287. The third-order valence-corrected chi connectivity index (χ3v) is 8.46. The van der Waals surface area contributed by atoms with Crippen molar-refractivity contribution in [2.75, 3.05) is 36.9 Å². The van der Waals surface area contributed by atoms with Crippen molar-refractivity contribution in [3.63, 3.8) is 0 Å². The summed E-state index contributed by atoms with van der Waals surface area (Å²) in [7, 11) is 0. The Bertz CT molecular complexity index is 1170. The van der Waals surface area contributed by atoms with E-state index in [4.69, 9.17) is 9.72 Å². The van der Waals surface area contributed by atoms with Crippen LogP contribution >= 0.6 is 11.8 Å². The molecule has 2 unspecified atom stereocenters. The van der Waals surface area contributed by atoms with Gasteiger partial charge >= 0.3 is 0 Å². The number of hydrogen-bond donors (Lipinski definition) is 4. The summed E-state index contributed by atoms with van der Waals surface area (Å²) >= 11 is 1.90. The van der Waals surface area contributed by atoms with Gasteiger partial charge in [0.15, 0.2) is 0 Å². The molecule has 0 bridgehead atoms. The maximum absolute atomic E-state index is 5.94. The monoisotopic (exact) mass is 536 g/mol. The molecular formula is C28H40N8OS. The Morgan fingerprint density at radius 1 is 0.974 bits per heavy atom. The molecule has 1 aliphatic carbocycles. The number of pyridine rings is 3. The van der Waals surface area contributed by atoms with Gasteiger partial charge in [-0.1, -0.05) is 38.5 Å². The molecule has 10 heteroatoms.